The van der Waals surface area contributed by atoms with Crippen LogP contribution in [0.4, 0.5) is 0 Å². The highest BCUT2D eigenvalue weighted by Gasteiger charge is 2.23. The molecule has 0 radical (unpaired) electrons. The van der Waals surface area contributed by atoms with Gasteiger partial charge in [-0.25, -0.2) is 13.1 Å². The Morgan fingerprint density at radius 2 is 1.79 bits per heavy atom. The highest BCUT2D eigenvalue weighted by atomic mass is 32.2. The molecule has 1 unspecified atom stereocenters. The second-order valence-electron chi connectivity index (χ2n) is 7.92. The van der Waals surface area contributed by atoms with Crippen LogP contribution in [0.25, 0.3) is 0 Å². The minimum absolute atomic E-state index is 0.0547. The second kappa shape index (κ2) is 11.3. The average molecular weight is 490 g/mol. The zero-order valence-corrected chi connectivity index (χ0v) is 20.5. The second-order valence-corrected chi connectivity index (χ2v) is 9.78. The molecule has 9 nitrogen and oxygen atoms in total. The van der Waals surface area contributed by atoms with E-state index in [0.29, 0.717) is 12.2 Å². The van der Waals surface area contributed by atoms with Crippen molar-refractivity contribution >= 4 is 21.8 Å². The van der Waals surface area contributed by atoms with Gasteiger partial charge >= 0.3 is 0 Å². The molecule has 2 N–H and O–H groups in total. The van der Waals surface area contributed by atoms with Crippen molar-refractivity contribution in [1.82, 2.24) is 14.9 Å². The normalized spacial score (nSPS) is 14.5. The van der Waals surface area contributed by atoms with E-state index in [0.717, 1.165) is 31.5 Å². The minimum atomic E-state index is -3.82. The van der Waals surface area contributed by atoms with Crippen molar-refractivity contribution in [2.45, 2.75) is 37.1 Å². The third-order valence-electron chi connectivity index (χ3n) is 5.80. The SMILES string of the molecule is CCC(NC(=O)c1ccc(OC)c(S(=O)(=O)NC)c1)c1ccccc1OCC(=O)N1CCCC1. The van der Waals surface area contributed by atoms with Gasteiger partial charge in [-0.3, -0.25) is 9.59 Å². The Labute approximate surface area is 200 Å². The Hall–Kier alpha value is -3.11. The first-order valence-corrected chi connectivity index (χ1v) is 12.7. The molecule has 34 heavy (non-hydrogen) atoms. The molecule has 0 aliphatic carbocycles. The summed E-state index contributed by atoms with van der Waals surface area (Å²) in [6, 6.07) is 11.1. The number of likely N-dealkylation sites (tertiary alicyclic amines) is 1. The number of methoxy groups -OCH3 is 1. The van der Waals surface area contributed by atoms with Crippen LogP contribution in [0.15, 0.2) is 47.4 Å². The summed E-state index contributed by atoms with van der Waals surface area (Å²) in [7, 11) is -1.17. The number of amides is 2. The van der Waals surface area contributed by atoms with Crippen molar-refractivity contribution in [2.24, 2.45) is 0 Å². The van der Waals surface area contributed by atoms with Crippen molar-refractivity contribution < 1.29 is 27.5 Å². The van der Waals surface area contributed by atoms with Crippen LogP contribution in [-0.2, 0) is 14.8 Å². The van der Waals surface area contributed by atoms with Crippen molar-refractivity contribution in [3.63, 3.8) is 0 Å². The fraction of sp³-hybridized carbons (Fsp3) is 0.417. The van der Waals surface area contributed by atoms with Crippen LogP contribution in [0, 0.1) is 0 Å². The van der Waals surface area contributed by atoms with Crippen LogP contribution >= 0.6 is 0 Å². The standard InChI is InChI=1S/C24H31N3O6S/c1-4-19(18-9-5-6-10-20(18)33-16-23(28)27-13-7-8-14-27)26-24(29)17-11-12-21(32-3)22(15-17)34(30,31)25-2/h5-6,9-12,15,19,25H,4,7-8,13-14,16H2,1-3H3,(H,26,29). The van der Waals surface area contributed by atoms with Crippen molar-refractivity contribution in [3.8, 4) is 11.5 Å². The van der Waals surface area contributed by atoms with E-state index in [9.17, 15) is 18.0 Å². The Morgan fingerprint density at radius 3 is 2.44 bits per heavy atom. The lowest BCUT2D eigenvalue weighted by atomic mass is 10.0. The summed E-state index contributed by atoms with van der Waals surface area (Å²) in [5.74, 6) is 0.167. The monoisotopic (exact) mass is 489 g/mol. The minimum Gasteiger partial charge on any atom is -0.495 e. The smallest absolute Gasteiger partial charge is 0.260 e. The van der Waals surface area contributed by atoms with Gasteiger partial charge in [0.05, 0.1) is 13.2 Å². The number of sulfonamides is 1. The molecule has 3 rings (SSSR count). The molecular formula is C24H31N3O6S. The first-order valence-electron chi connectivity index (χ1n) is 11.2. The molecule has 0 saturated carbocycles. The molecule has 0 aromatic heterocycles. The molecule has 0 spiro atoms. The Bertz CT molecular complexity index is 1130. The summed E-state index contributed by atoms with van der Waals surface area (Å²) in [5.41, 5.74) is 0.917. The molecule has 2 aromatic carbocycles. The number of carbonyl (C=O) groups excluding carboxylic acids is 2. The number of para-hydroxylation sites is 1. The number of rotatable bonds is 10. The molecule has 1 aliphatic rings. The Kier molecular flexibility index (Phi) is 8.51. The highest BCUT2D eigenvalue weighted by Crippen LogP contribution is 2.29. The molecule has 184 valence electrons. The number of benzene rings is 2. The van der Waals surface area contributed by atoms with E-state index < -0.39 is 22.0 Å². The summed E-state index contributed by atoms with van der Waals surface area (Å²) >= 11 is 0. The largest absolute Gasteiger partial charge is 0.495 e. The lowest BCUT2D eigenvalue weighted by Crippen LogP contribution is -2.33. The highest BCUT2D eigenvalue weighted by molar-refractivity contribution is 7.89. The van der Waals surface area contributed by atoms with Crippen LogP contribution in [0.5, 0.6) is 11.5 Å². The van der Waals surface area contributed by atoms with E-state index in [2.05, 4.69) is 10.0 Å². The Balaban J connectivity index is 1.78. The summed E-state index contributed by atoms with van der Waals surface area (Å²) in [6.45, 7) is 3.36. The summed E-state index contributed by atoms with van der Waals surface area (Å²) in [4.78, 5) is 27.1. The first-order chi connectivity index (χ1) is 16.3. The zero-order chi connectivity index (χ0) is 24.7. The van der Waals surface area contributed by atoms with E-state index >= 15 is 0 Å². The quantitative estimate of drug-likeness (QED) is 0.530. The van der Waals surface area contributed by atoms with Gasteiger partial charge in [0.1, 0.15) is 16.4 Å². The molecule has 1 heterocycles. The van der Waals surface area contributed by atoms with Gasteiger partial charge in [0.15, 0.2) is 6.61 Å². The van der Waals surface area contributed by atoms with E-state index in [1.54, 1.807) is 11.0 Å². The van der Waals surface area contributed by atoms with E-state index in [1.165, 1.54) is 32.4 Å². The van der Waals surface area contributed by atoms with Crippen molar-refractivity contribution in [3.05, 3.63) is 53.6 Å². The summed E-state index contributed by atoms with van der Waals surface area (Å²) in [5, 5.41) is 2.95. The third kappa shape index (κ3) is 5.87. The van der Waals surface area contributed by atoms with Gasteiger partial charge in [-0.2, -0.15) is 0 Å². The Morgan fingerprint density at radius 1 is 1.09 bits per heavy atom. The molecule has 1 fully saturated rings. The van der Waals surface area contributed by atoms with Crippen molar-refractivity contribution in [2.75, 3.05) is 33.9 Å². The van der Waals surface area contributed by atoms with Gasteiger partial charge in [-0.15, -0.1) is 0 Å². The van der Waals surface area contributed by atoms with Crippen LogP contribution < -0.4 is 19.5 Å². The molecule has 2 amide bonds. The van der Waals surface area contributed by atoms with Gasteiger partial charge in [0.25, 0.3) is 11.8 Å². The van der Waals surface area contributed by atoms with Crippen LogP contribution in [-0.4, -0.2) is 59.0 Å². The molecule has 1 atom stereocenters. The average Bonchev–Trinajstić information content (AvgIpc) is 3.40. The van der Waals surface area contributed by atoms with E-state index in [4.69, 9.17) is 9.47 Å². The lowest BCUT2D eigenvalue weighted by molar-refractivity contribution is -0.132. The van der Waals surface area contributed by atoms with Gasteiger partial charge in [-0.1, -0.05) is 25.1 Å². The van der Waals surface area contributed by atoms with E-state index in [-0.39, 0.29) is 28.7 Å². The zero-order valence-electron chi connectivity index (χ0n) is 19.7. The molecular weight excluding hydrogens is 458 g/mol. The van der Waals surface area contributed by atoms with E-state index in [1.807, 2.05) is 25.1 Å². The van der Waals surface area contributed by atoms with Crippen LogP contribution in [0.1, 0.15) is 48.1 Å². The number of carbonyl (C=O) groups is 2. The maximum absolute atomic E-state index is 13.0. The van der Waals surface area contributed by atoms with Crippen molar-refractivity contribution in [1.29, 1.82) is 0 Å². The third-order valence-corrected chi connectivity index (χ3v) is 7.24. The van der Waals surface area contributed by atoms with Gasteiger partial charge in [-0.05, 0) is 50.6 Å². The van der Waals surface area contributed by atoms with Gasteiger partial charge in [0, 0.05) is 24.2 Å². The summed E-state index contributed by atoms with van der Waals surface area (Å²) in [6.07, 6.45) is 2.58. The molecule has 1 aliphatic heterocycles. The number of nitrogens with zero attached hydrogens (tertiary/aromatic N) is 1. The number of ether oxygens (including phenoxy) is 2. The predicted molar refractivity (Wildman–Crippen MR) is 127 cm³/mol. The molecule has 1 saturated heterocycles. The lowest BCUT2D eigenvalue weighted by Gasteiger charge is -2.22. The molecule has 2 aromatic rings. The number of hydrogen-bond donors (Lipinski definition) is 2. The number of hydrogen-bond acceptors (Lipinski definition) is 6. The molecule has 0 bridgehead atoms. The first kappa shape index (κ1) is 25.5. The van der Waals surface area contributed by atoms with Gasteiger partial charge in [0.2, 0.25) is 10.0 Å². The van der Waals surface area contributed by atoms with Crippen LogP contribution in [0.2, 0.25) is 0 Å². The maximum Gasteiger partial charge on any atom is 0.260 e. The van der Waals surface area contributed by atoms with Crippen LogP contribution in [0.3, 0.4) is 0 Å². The van der Waals surface area contributed by atoms with Gasteiger partial charge < -0.3 is 19.7 Å². The predicted octanol–water partition coefficient (Wildman–Crippen LogP) is 2.49. The number of nitrogens with one attached hydrogen (secondary N) is 2. The maximum atomic E-state index is 13.0. The summed E-state index contributed by atoms with van der Waals surface area (Å²) < 4.78 is 37.9. The topological polar surface area (TPSA) is 114 Å². The fourth-order valence-electron chi connectivity index (χ4n) is 3.88. The molecule has 10 heteroatoms. The fourth-order valence-corrected chi connectivity index (χ4v) is 4.79.